The Labute approximate surface area is 186 Å². The van der Waals surface area contributed by atoms with Crippen molar-refractivity contribution in [1.29, 1.82) is 0 Å². The van der Waals surface area contributed by atoms with E-state index in [1.165, 1.54) is 102 Å². The van der Waals surface area contributed by atoms with E-state index in [9.17, 15) is 0 Å². The highest BCUT2D eigenvalue weighted by Crippen LogP contribution is 2.29. The van der Waals surface area contributed by atoms with E-state index in [1.54, 1.807) is 0 Å². The molecule has 2 atom stereocenters. The number of aromatic nitrogens is 2. The van der Waals surface area contributed by atoms with Crippen LogP contribution in [0.1, 0.15) is 115 Å². The molecule has 2 nitrogen and oxygen atoms in total. The smallest absolute Gasteiger partial charge is 0.241 e. The van der Waals surface area contributed by atoms with E-state index in [0.29, 0.717) is 6.04 Å². The molecule has 0 saturated carbocycles. The van der Waals surface area contributed by atoms with Crippen molar-refractivity contribution in [2.45, 2.75) is 116 Å². The van der Waals surface area contributed by atoms with Gasteiger partial charge in [-0.1, -0.05) is 115 Å². The Morgan fingerprint density at radius 2 is 1.33 bits per heavy atom. The fraction of sp³-hybridized carbons (Fsp3) is 0.679. The fourth-order valence-electron chi connectivity index (χ4n) is 4.80. The molecule has 2 unspecified atom stereocenters. The maximum Gasteiger partial charge on any atom is 0.241 e. The molecule has 2 heteroatoms. The van der Waals surface area contributed by atoms with Crippen molar-refractivity contribution in [2.75, 3.05) is 0 Å². The van der Waals surface area contributed by atoms with Crippen molar-refractivity contribution >= 4 is 0 Å². The molecule has 0 aliphatic carbocycles. The molecule has 168 valence electrons. The van der Waals surface area contributed by atoms with E-state index >= 15 is 0 Å². The second kappa shape index (κ2) is 16.2. The summed E-state index contributed by atoms with van der Waals surface area (Å²) in [6.45, 7) is 4.61. The Bertz CT molecular complexity index is 605. The Morgan fingerprint density at radius 1 is 0.733 bits per heavy atom. The van der Waals surface area contributed by atoms with Crippen LogP contribution in [0.5, 0.6) is 0 Å². The van der Waals surface area contributed by atoms with Gasteiger partial charge in [-0.2, -0.15) is 0 Å². The molecule has 0 aliphatic heterocycles. The van der Waals surface area contributed by atoms with Crippen LogP contribution in [0.2, 0.25) is 0 Å². The Morgan fingerprint density at radius 3 is 1.97 bits per heavy atom. The van der Waals surface area contributed by atoms with Gasteiger partial charge in [-0.3, -0.25) is 4.98 Å². The Balaban J connectivity index is 1.92. The quantitative estimate of drug-likeness (QED) is 0.188. The second-order valence-corrected chi connectivity index (χ2v) is 9.19. The van der Waals surface area contributed by atoms with Gasteiger partial charge in [0.05, 0.1) is 0 Å². The number of nitrogens with one attached hydrogen (secondary N) is 1. The largest absolute Gasteiger partial charge is 0.250 e. The maximum absolute atomic E-state index is 3.30. The normalized spacial score (nSPS) is 13.4. The number of unbranched alkanes of at least 4 members (excludes halogenated alkanes) is 10. The zero-order valence-corrected chi connectivity index (χ0v) is 19.8. The SMILES string of the molecule is CCCCCCCCCCC(C(CCCCCC)Cc1ccccc1)[n+]1cc[nH]c1. The maximum atomic E-state index is 3.30. The summed E-state index contributed by atoms with van der Waals surface area (Å²) in [7, 11) is 0. The number of aromatic amines is 1. The first-order valence-electron chi connectivity index (χ1n) is 12.9. The zero-order valence-electron chi connectivity index (χ0n) is 19.8. The lowest BCUT2D eigenvalue weighted by molar-refractivity contribution is -0.730. The van der Waals surface area contributed by atoms with Gasteiger partial charge >= 0.3 is 0 Å². The standard InChI is InChI=1S/C28H46N2/c1-3-5-7-9-10-11-12-17-21-28(30-23-22-29-25-30)27(20-16-8-6-4-2)24-26-18-14-13-15-19-26/h13-15,18-19,22-23,25,27-28H,3-12,16-17,20-21,24H2,1-2H3/p+1. The molecule has 1 heterocycles. The van der Waals surface area contributed by atoms with Crippen molar-refractivity contribution < 1.29 is 4.57 Å². The van der Waals surface area contributed by atoms with Crippen molar-refractivity contribution in [3.63, 3.8) is 0 Å². The van der Waals surface area contributed by atoms with Gasteiger partial charge < -0.3 is 0 Å². The minimum atomic E-state index is 0.609. The molecule has 0 bridgehead atoms. The van der Waals surface area contributed by atoms with Crippen LogP contribution in [0.15, 0.2) is 49.1 Å². The summed E-state index contributed by atoms with van der Waals surface area (Å²) >= 11 is 0. The number of benzene rings is 1. The highest BCUT2D eigenvalue weighted by Gasteiger charge is 2.26. The van der Waals surface area contributed by atoms with Gasteiger partial charge in [0, 0.05) is 5.92 Å². The van der Waals surface area contributed by atoms with E-state index in [1.807, 2.05) is 0 Å². The van der Waals surface area contributed by atoms with Gasteiger partial charge in [-0.25, -0.2) is 4.57 Å². The molecular formula is C28H47N2+. The first kappa shape index (κ1) is 24.7. The molecule has 0 fully saturated rings. The molecule has 30 heavy (non-hydrogen) atoms. The molecule has 0 spiro atoms. The van der Waals surface area contributed by atoms with Crippen LogP contribution < -0.4 is 4.57 Å². The summed E-state index contributed by atoms with van der Waals surface area (Å²) in [6.07, 6.45) is 27.0. The third-order valence-electron chi connectivity index (χ3n) is 6.62. The van der Waals surface area contributed by atoms with Crippen molar-refractivity contribution in [3.05, 3.63) is 54.6 Å². The molecule has 1 aromatic heterocycles. The molecule has 0 aliphatic rings. The topological polar surface area (TPSA) is 19.7 Å². The van der Waals surface area contributed by atoms with Crippen molar-refractivity contribution in [2.24, 2.45) is 5.92 Å². The number of imidazole rings is 1. The Hall–Kier alpha value is -1.57. The summed E-state index contributed by atoms with van der Waals surface area (Å²) in [5.41, 5.74) is 1.50. The van der Waals surface area contributed by atoms with Crippen molar-refractivity contribution in [1.82, 2.24) is 4.98 Å². The van der Waals surface area contributed by atoms with Crippen LogP contribution in [0, 0.1) is 5.92 Å². The average molecular weight is 412 g/mol. The molecule has 0 amide bonds. The third-order valence-corrected chi connectivity index (χ3v) is 6.62. The number of H-pyrrole nitrogens is 1. The van der Waals surface area contributed by atoms with Crippen LogP contribution in [-0.4, -0.2) is 4.98 Å². The molecule has 0 saturated heterocycles. The van der Waals surface area contributed by atoms with E-state index in [0.717, 1.165) is 5.92 Å². The highest BCUT2D eigenvalue weighted by molar-refractivity contribution is 5.15. The Kier molecular flexibility index (Phi) is 13.3. The fourth-order valence-corrected chi connectivity index (χ4v) is 4.80. The van der Waals surface area contributed by atoms with Crippen molar-refractivity contribution in [3.8, 4) is 0 Å². The molecule has 1 N–H and O–H groups in total. The lowest BCUT2D eigenvalue weighted by atomic mass is 9.84. The predicted molar refractivity (Wildman–Crippen MR) is 130 cm³/mol. The highest BCUT2D eigenvalue weighted by atomic mass is 15.1. The minimum absolute atomic E-state index is 0.609. The molecule has 1 aromatic carbocycles. The van der Waals surface area contributed by atoms with Gasteiger partial charge in [-0.05, 0) is 31.2 Å². The predicted octanol–water partition coefficient (Wildman–Crippen LogP) is 8.20. The lowest BCUT2D eigenvalue weighted by Crippen LogP contribution is -2.42. The number of nitrogens with zero attached hydrogens (tertiary/aromatic N) is 1. The van der Waals surface area contributed by atoms with E-state index in [-0.39, 0.29) is 0 Å². The summed E-state index contributed by atoms with van der Waals surface area (Å²) in [5.74, 6) is 0.717. The van der Waals surface area contributed by atoms with Crippen LogP contribution >= 0.6 is 0 Å². The van der Waals surface area contributed by atoms with Gasteiger partial charge in [-0.15, -0.1) is 0 Å². The summed E-state index contributed by atoms with van der Waals surface area (Å²) in [6, 6.07) is 11.8. The summed E-state index contributed by atoms with van der Waals surface area (Å²) in [5, 5.41) is 0. The van der Waals surface area contributed by atoms with Crippen LogP contribution in [0.4, 0.5) is 0 Å². The zero-order chi connectivity index (χ0) is 21.3. The monoisotopic (exact) mass is 411 g/mol. The van der Waals surface area contributed by atoms with E-state index < -0.39 is 0 Å². The van der Waals surface area contributed by atoms with Crippen LogP contribution in [0.3, 0.4) is 0 Å². The molecular weight excluding hydrogens is 364 g/mol. The number of hydrogen-bond donors (Lipinski definition) is 1. The minimum Gasteiger partial charge on any atom is -0.250 e. The first-order valence-corrected chi connectivity index (χ1v) is 12.9. The third kappa shape index (κ3) is 9.96. The molecule has 2 rings (SSSR count). The van der Waals surface area contributed by atoms with Crippen LogP contribution in [-0.2, 0) is 6.42 Å². The summed E-state index contributed by atoms with van der Waals surface area (Å²) < 4.78 is 2.47. The number of rotatable bonds is 18. The van der Waals surface area contributed by atoms with E-state index in [2.05, 4.69) is 72.5 Å². The first-order chi connectivity index (χ1) is 14.8. The summed E-state index contributed by atoms with van der Waals surface area (Å²) in [4.78, 5) is 3.30. The number of hydrogen-bond acceptors (Lipinski definition) is 0. The molecule has 0 radical (unpaired) electrons. The van der Waals surface area contributed by atoms with Crippen LogP contribution in [0.25, 0.3) is 0 Å². The lowest BCUT2D eigenvalue weighted by Gasteiger charge is -2.25. The second-order valence-electron chi connectivity index (χ2n) is 9.19. The van der Waals surface area contributed by atoms with Gasteiger partial charge in [0.2, 0.25) is 6.33 Å². The molecule has 2 aromatic rings. The van der Waals surface area contributed by atoms with Gasteiger partial charge in [0.1, 0.15) is 18.4 Å². The van der Waals surface area contributed by atoms with Gasteiger partial charge in [0.25, 0.3) is 0 Å². The van der Waals surface area contributed by atoms with E-state index in [4.69, 9.17) is 0 Å². The van der Waals surface area contributed by atoms with Gasteiger partial charge in [0.15, 0.2) is 0 Å². The average Bonchev–Trinajstić information content (AvgIpc) is 3.30.